The number of aliphatic hydroxyl groups is 1. The average Bonchev–Trinajstić information content (AvgIpc) is 3.29. The molecule has 0 saturated heterocycles. The van der Waals surface area contributed by atoms with Crippen molar-refractivity contribution in [1.29, 1.82) is 0 Å². The summed E-state index contributed by atoms with van der Waals surface area (Å²) in [5.41, 5.74) is -3.80. The summed E-state index contributed by atoms with van der Waals surface area (Å²) < 4.78 is 134. The van der Waals surface area contributed by atoms with Gasteiger partial charge in [0, 0.05) is 12.2 Å². The second kappa shape index (κ2) is 15.9. The van der Waals surface area contributed by atoms with Crippen molar-refractivity contribution in [3.8, 4) is 5.75 Å². The van der Waals surface area contributed by atoms with Crippen LogP contribution in [0.1, 0.15) is 114 Å². The average molecular weight is 739 g/mol. The van der Waals surface area contributed by atoms with Gasteiger partial charge >= 0.3 is 27.7 Å². The van der Waals surface area contributed by atoms with Crippen LogP contribution < -0.4 is 4.18 Å². The molecule has 15 heteroatoms. The van der Waals surface area contributed by atoms with E-state index in [0.717, 1.165) is 100 Å². The summed E-state index contributed by atoms with van der Waals surface area (Å²) in [4.78, 5) is 0. The first kappa shape index (κ1) is 39.5. The largest absolute Gasteiger partial charge is 0.534 e. The van der Waals surface area contributed by atoms with E-state index in [1.165, 1.54) is 12.1 Å². The number of hydrogen-bond donors (Lipinski definition) is 1. The van der Waals surface area contributed by atoms with Crippen molar-refractivity contribution in [3.05, 3.63) is 29.3 Å². The van der Waals surface area contributed by atoms with Gasteiger partial charge in [-0.3, -0.25) is 0 Å². The monoisotopic (exact) mass is 738 g/mol. The van der Waals surface area contributed by atoms with Crippen molar-refractivity contribution in [2.75, 3.05) is 12.4 Å². The Labute approximate surface area is 282 Å². The molecule has 6 atom stereocenters. The van der Waals surface area contributed by atoms with Crippen LogP contribution in [0.5, 0.6) is 5.75 Å². The summed E-state index contributed by atoms with van der Waals surface area (Å²) in [6.07, 6.45) is 4.24. The molecule has 276 valence electrons. The van der Waals surface area contributed by atoms with Gasteiger partial charge in [-0.05, 0) is 116 Å². The van der Waals surface area contributed by atoms with Crippen LogP contribution >= 0.6 is 12.0 Å². The molecule has 1 aromatic carbocycles. The fourth-order valence-corrected chi connectivity index (χ4v) is 9.44. The highest BCUT2D eigenvalue weighted by molar-refractivity contribution is 7.94. The van der Waals surface area contributed by atoms with E-state index in [9.17, 15) is 48.6 Å². The maximum atomic E-state index is 13.0. The Hall–Kier alpha value is -1.32. The molecule has 3 unspecified atom stereocenters. The van der Waals surface area contributed by atoms with Crippen molar-refractivity contribution in [2.24, 2.45) is 23.2 Å². The second-order valence-electron chi connectivity index (χ2n) is 13.9. The molecule has 1 aromatic rings. The number of rotatable bonds is 17. The molecule has 1 N–H and O–H groups in total. The van der Waals surface area contributed by atoms with Crippen LogP contribution in [0.25, 0.3) is 0 Å². The van der Waals surface area contributed by atoms with Crippen LogP contribution in [-0.4, -0.2) is 49.6 Å². The number of unbranched alkanes of at least 4 members (excludes halogenated alkanes) is 6. The molecule has 0 aliphatic heterocycles. The number of fused-ring (bicyclic) bond motifs is 5. The van der Waals surface area contributed by atoms with Crippen molar-refractivity contribution >= 4 is 22.2 Å². The van der Waals surface area contributed by atoms with Crippen molar-refractivity contribution in [1.82, 2.24) is 0 Å². The van der Waals surface area contributed by atoms with E-state index >= 15 is 0 Å². The van der Waals surface area contributed by atoms with Gasteiger partial charge in [0.15, 0.2) is 0 Å². The quantitative estimate of drug-likeness (QED) is 0.0564. The summed E-state index contributed by atoms with van der Waals surface area (Å²) in [5.74, 6) is -3.28. The highest BCUT2D eigenvalue weighted by atomic mass is 32.2. The SMILES string of the molecule is CC12CC[C@@H]3c4ccc(OS(=O)(=O)C(F)(F)F)cc4C[C@@H](CCCCCCCCCSOCCCC(F)(F)C(F)(F)F)C3[C@@H]1CCC2O. The van der Waals surface area contributed by atoms with Crippen molar-refractivity contribution in [3.63, 3.8) is 0 Å². The number of aliphatic hydroxyl groups excluding tert-OH is 1. The van der Waals surface area contributed by atoms with Crippen LogP contribution in [0.2, 0.25) is 0 Å². The van der Waals surface area contributed by atoms with Gasteiger partial charge in [0.2, 0.25) is 0 Å². The molecule has 0 bridgehead atoms. The highest BCUT2D eigenvalue weighted by Crippen LogP contribution is 2.63. The maximum Gasteiger partial charge on any atom is 0.534 e. The van der Waals surface area contributed by atoms with E-state index in [4.69, 9.17) is 4.18 Å². The van der Waals surface area contributed by atoms with Gasteiger partial charge in [-0.15, -0.1) is 0 Å². The topological polar surface area (TPSA) is 72.8 Å². The second-order valence-corrected chi connectivity index (χ2v) is 16.4. The highest BCUT2D eigenvalue weighted by Gasteiger charge is 2.57. The minimum Gasteiger partial charge on any atom is -0.393 e. The molecule has 5 nitrogen and oxygen atoms in total. The fourth-order valence-electron chi connectivity index (χ4n) is 8.31. The Morgan fingerprint density at radius 2 is 1.58 bits per heavy atom. The minimum absolute atomic E-state index is 0.161. The minimum atomic E-state index is -5.77. The standard InChI is InChI=1S/C33H46F8O5S2/c1-30-17-15-26-25-12-11-24(46-48(43,44)33(39,40)41)21-23(25)20-22(29(26)27(30)13-14-28(30)42)10-7-5-3-2-4-6-8-19-47-45-18-9-16-31(34,35)32(36,37)38/h11-12,21-22,26-29,42H,2-10,13-20H2,1H3/t22-,26-,27+,28?,29?,30?/m1/s1. The van der Waals surface area contributed by atoms with Gasteiger partial charge in [0.25, 0.3) is 0 Å². The van der Waals surface area contributed by atoms with E-state index in [1.54, 1.807) is 6.07 Å². The van der Waals surface area contributed by atoms with E-state index < -0.39 is 34.1 Å². The lowest BCUT2D eigenvalue weighted by Gasteiger charge is -2.53. The molecule has 4 rings (SSSR count). The lowest BCUT2D eigenvalue weighted by Crippen LogP contribution is -2.47. The van der Waals surface area contributed by atoms with Gasteiger partial charge in [0.05, 0.1) is 12.7 Å². The van der Waals surface area contributed by atoms with Gasteiger partial charge in [0.1, 0.15) is 5.75 Å². The Bertz CT molecular complexity index is 1310. The van der Waals surface area contributed by atoms with Crippen LogP contribution in [0, 0.1) is 23.2 Å². The molecular formula is C33H46F8O5S2. The Morgan fingerprint density at radius 3 is 2.25 bits per heavy atom. The molecule has 0 amide bonds. The predicted molar refractivity (Wildman–Crippen MR) is 167 cm³/mol. The number of hydrogen-bond acceptors (Lipinski definition) is 6. The zero-order chi connectivity index (χ0) is 35.4. The molecule has 0 aromatic heterocycles. The van der Waals surface area contributed by atoms with Gasteiger partial charge < -0.3 is 13.5 Å². The van der Waals surface area contributed by atoms with E-state index in [2.05, 4.69) is 11.1 Å². The number of alkyl halides is 8. The molecule has 3 aliphatic carbocycles. The zero-order valence-corrected chi connectivity index (χ0v) is 28.7. The molecule has 0 heterocycles. The van der Waals surface area contributed by atoms with E-state index in [0.29, 0.717) is 24.0 Å². The Balaban J connectivity index is 1.22. The van der Waals surface area contributed by atoms with Crippen molar-refractivity contribution < 1.29 is 57.0 Å². The Morgan fingerprint density at radius 1 is 0.917 bits per heavy atom. The number of halogens is 8. The maximum absolute atomic E-state index is 13.0. The van der Waals surface area contributed by atoms with E-state index in [1.807, 2.05) is 0 Å². The van der Waals surface area contributed by atoms with E-state index in [-0.39, 0.29) is 42.1 Å². The van der Waals surface area contributed by atoms with Crippen LogP contribution in [0.3, 0.4) is 0 Å². The lowest BCUT2D eigenvalue weighted by atomic mass is 9.52. The third-order valence-corrected chi connectivity index (χ3v) is 12.6. The first-order valence-electron chi connectivity index (χ1n) is 16.9. The molecule has 0 radical (unpaired) electrons. The lowest BCUT2D eigenvalue weighted by molar-refractivity contribution is -0.284. The van der Waals surface area contributed by atoms with Gasteiger partial charge in [-0.1, -0.05) is 51.5 Å². The summed E-state index contributed by atoms with van der Waals surface area (Å²) in [7, 11) is -5.77. The van der Waals surface area contributed by atoms with Gasteiger partial charge in [-0.25, -0.2) is 0 Å². The first-order valence-corrected chi connectivity index (χ1v) is 19.2. The summed E-state index contributed by atoms with van der Waals surface area (Å²) in [6, 6.07) is 4.49. The van der Waals surface area contributed by atoms with Gasteiger partial charge in [-0.2, -0.15) is 43.5 Å². The fraction of sp³-hybridized carbons (Fsp3) is 0.818. The normalized spacial score (nSPS) is 27.8. The van der Waals surface area contributed by atoms with Crippen molar-refractivity contribution in [2.45, 2.75) is 133 Å². The number of benzene rings is 1. The molecule has 3 aliphatic rings. The molecule has 48 heavy (non-hydrogen) atoms. The van der Waals surface area contributed by atoms with Crippen LogP contribution in [-0.2, 0) is 20.7 Å². The summed E-state index contributed by atoms with van der Waals surface area (Å²) >= 11 is 1.08. The third-order valence-electron chi connectivity index (χ3n) is 10.8. The Kier molecular flexibility index (Phi) is 13.1. The summed E-state index contributed by atoms with van der Waals surface area (Å²) in [6.45, 7) is 2.02. The molecule has 2 saturated carbocycles. The third kappa shape index (κ3) is 9.31. The predicted octanol–water partition coefficient (Wildman–Crippen LogP) is 10.1. The molecule has 0 spiro atoms. The summed E-state index contributed by atoms with van der Waals surface area (Å²) in [5, 5.41) is 10.9. The first-order chi connectivity index (χ1) is 22.4. The zero-order valence-electron chi connectivity index (χ0n) is 27.1. The smallest absolute Gasteiger partial charge is 0.393 e. The van der Waals surface area contributed by atoms with Crippen LogP contribution in [0.15, 0.2) is 18.2 Å². The van der Waals surface area contributed by atoms with Crippen LogP contribution in [0.4, 0.5) is 35.1 Å². The molecule has 2 fully saturated rings. The molecular weight excluding hydrogens is 692 g/mol.